The van der Waals surface area contributed by atoms with E-state index in [0.717, 1.165) is 5.92 Å². The third-order valence-corrected chi connectivity index (χ3v) is 4.44. The second kappa shape index (κ2) is 10.7. The van der Waals surface area contributed by atoms with Crippen molar-refractivity contribution in [1.29, 1.82) is 0 Å². The van der Waals surface area contributed by atoms with Gasteiger partial charge in [0.15, 0.2) is 0 Å². The van der Waals surface area contributed by atoms with Crippen LogP contribution in [-0.4, -0.2) is 37.1 Å². The van der Waals surface area contributed by atoms with Crippen molar-refractivity contribution in [3.05, 3.63) is 0 Å². The van der Waals surface area contributed by atoms with Gasteiger partial charge in [0.2, 0.25) is 0 Å². The average Bonchev–Trinajstić information content (AvgIpc) is 2.62. The number of hydrogen-bond acceptors (Lipinski definition) is 2. The van der Waals surface area contributed by atoms with Crippen LogP contribution in [0.15, 0.2) is 0 Å². The quantitative estimate of drug-likeness (QED) is 0.678. The molecule has 0 spiro atoms. The van der Waals surface area contributed by atoms with E-state index < -0.39 is 0 Å². The first-order chi connectivity index (χ1) is 9.30. The molecule has 19 heavy (non-hydrogen) atoms. The van der Waals surface area contributed by atoms with Crippen LogP contribution in [0.5, 0.6) is 0 Å². The molecule has 1 fully saturated rings. The van der Waals surface area contributed by atoms with E-state index in [1.165, 1.54) is 77.5 Å². The van der Waals surface area contributed by atoms with Crippen molar-refractivity contribution in [2.45, 2.75) is 78.2 Å². The first kappa shape index (κ1) is 17.0. The Morgan fingerprint density at radius 3 is 2.58 bits per heavy atom. The van der Waals surface area contributed by atoms with E-state index in [9.17, 15) is 0 Å². The molecule has 114 valence electrons. The minimum atomic E-state index is 0.715. The van der Waals surface area contributed by atoms with Crippen LogP contribution in [0.25, 0.3) is 0 Å². The van der Waals surface area contributed by atoms with Gasteiger partial charge in [0.25, 0.3) is 0 Å². The molecule has 0 aromatic rings. The van der Waals surface area contributed by atoms with E-state index in [0.29, 0.717) is 6.04 Å². The first-order valence-corrected chi connectivity index (χ1v) is 8.75. The van der Waals surface area contributed by atoms with E-state index in [4.69, 9.17) is 0 Å². The van der Waals surface area contributed by atoms with Gasteiger partial charge in [0.1, 0.15) is 0 Å². The zero-order valence-corrected chi connectivity index (χ0v) is 13.6. The molecule has 1 N–H and O–H groups in total. The highest BCUT2D eigenvalue weighted by Crippen LogP contribution is 2.22. The van der Waals surface area contributed by atoms with E-state index >= 15 is 0 Å². The van der Waals surface area contributed by atoms with Gasteiger partial charge >= 0.3 is 0 Å². The highest BCUT2D eigenvalue weighted by atomic mass is 15.1. The third kappa shape index (κ3) is 7.31. The van der Waals surface area contributed by atoms with Crippen LogP contribution >= 0.6 is 0 Å². The van der Waals surface area contributed by atoms with Crippen molar-refractivity contribution >= 4 is 0 Å². The molecule has 0 aliphatic carbocycles. The Balaban J connectivity index is 2.32. The molecule has 1 saturated heterocycles. The van der Waals surface area contributed by atoms with Crippen molar-refractivity contribution in [2.75, 3.05) is 26.2 Å². The van der Waals surface area contributed by atoms with E-state index in [1.54, 1.807) is 0 Å². The monoisotopic (exact) mass is 268 g/mol. The standard InChI is InChI=1S/C17H36N2/c1-4-8-16-10-7-13-19(14-11-16)15-17(9-5-2)18-12-6-3/h16-18H,4-15H2,1-3H3. The van der Waals surface area contributed by atoms with Crippen molar-refractivity contribution in [3.8, 4) is 0 Å². The number of hydrogen-bond donors (Lipinski definition) is 1. The Morgan fingerprint density at radius 1 is 1.05 bits per heavy atom. The summed E-state index contributed by atoms with van der Waals surface area (Å²) in [7, 11) is 0. The van der Waals surface area contributed by atoms with Gasteiger partial charge in [-0.05, 0) is 57.7 Å². The van der Waals surface area contributed by atoms with Gasteiger partial charge in [0, 0.05) is 12.6 Å². The Labute approximate surface area is 121 Å². The summed E-state index contributed by atoms with van der Waals surface area (Å²) >= 11 is 0. The van der Waals surface area contributed by atoms with Gasteiger partial charge in [0.05, 0.1) is 0 Å². The first-order valence-electron chi connectivity index (χ1n) is 8.75. The van der Waals surface area contributed by atoms with Crippen LogP contribution in [0.1, 0.15) is 72.1 Å². The Bertz CT molecular complexity index is 205. The van der Waals surface area contributed by atoms with Crippen molar-refractivity contribution < 1.29 is 0 Å². The molecule has 0 saturated carbocycles. The highest BCUT2D eigenvalue weighted by molar-refractivity contribution is 4.76. The summed E-state index contributed by atoms with van der Waals surface area (Å²) in [5.74, 6) is 1.00. The summed E-state index contributed by atoms with van der Waals surface area (Å²) in [5, 5.41) is 3.73. The molecule has 1 rings (SSSR count). The lowest BCUT2D eigenvalue weighted by atomic mass is 9.96. The van der Waals surface area contributed by atoms with E-state index in [-0.39, 0.29) is 0 Å². The van der Waals surface area contributed by atoms with Gasteiger partial charge in [-0.15, -0.1) is 0 Å². The van der Waals surface area contributed by atoms with Crippen LogP contribution in [0.4, 0.5) is 0 Å². The second-order valence-electron chi connectivity index (χ2n) is 6.33. The summed E-state index contributed by atoms with van der Waals surface area (Å²) in [6, 6.07) is 0.715. The molecule has 1 heterocycles. The lowest BCUT2D eigenvalue weighted by molar-refractivity contribution is 0.240. The third-order valence-electron chi connectivity index (χ3n) is 4.44. The average molecular weight is 268 g/mol. The fraction of sp³-hybridized carbons (Fsp3) is 1.00. The van der Waals surface area contributed by atoms with Gasteiger partial charge in [-0.2, -0.15) is 0 Å². The smallest absolute Gasteiger partial charge is 0.0194 e. The maximum absolute atomic E-state index is 3.73. The molecule has 0 amide bonds. The van der Waals surface area contributed by atoms with Gasteiger partial charge in [-0.1, -0.05) is 40.0 Å². The van der Waals surface area contributed by atoms with Crippen LogP contribution in [0.2, 0.25) is 0 Å². The Morgan fingerprint density at radius 2 is 1.89 bits per heavy atom. The summed E-state index contributed by atoms with van der Waals surface area (Å²) in [5.41, 5.74) is 0. The lowest BCUT2D eigenvalue weighted by Crippen LogP contribution is -2.41. The number of rotatable bonds is 9. The van der Waals surface area contributed by atoms with Gasteiger partial charge in [-0.3, -0.25) is 0 Å². The van der Waals surface area contributed by atoms with Gasteiger partial charge in [-0.25, -0.2) is 0 Å². The van der Waals surface area contributed by atoms with E-state index in [1.807, 2.05) is 0 Å². The lowest BCUT2D eigenvalue weighted by Gasteiger charge is -2.27. The normalized spacial score (nSPS) is 23.2. The number of likely N-dealkylation sites (tertiary alicyclic amines) is 1. The summed E-state index contributed by atoms with van der Waals surface area (Å²) in [6.07, 6.45) is 11.0. The Kier molecular flexibility index (Phi) is 9.54. The molecule has 0 aromatic carbocycles. The largest absolute Gasteiger partial charge is 0.313 e. The number of nitrogens with one attached hydrogen (secondary N) is 1. The minimum absolute atomic E-state index is 0.715. The van der Waals surface area contributed by atoms with E-state index in [2.05, 4.69) is 31.0 Å². The zero-order chi connectivity index (χ0) is 13.9. The van der Waals surface area contributed by atoms with Crippen LogP contribution < -0.4 is 5.32 Å². The van der Waals surface area contributed by atoms with Gasteiger partial charge < -0.3 is 10.2 Å². The van der Waals surface area contributed by atoms with Crippen molar-refractivity contribution in [3.63, 3.8) is 0 Å². The minimum Gasteiger partial charge on any atom is -0.313 e. The zero-order valence-electron chi connectivity index (χ0n) is 13.6. The summed E-state index contributed by atoms with van der Waals surface area (Å²) in [6.45, 7) is 12.0. The Hall–Kier alpha value is -0.0800. The maximum atomic E-state index is 3.73. The molecule has 1 aliphatic heterocycles. The molecule has 2 heteroatoms. The predicted octanol–water partition coefficient (Wildman–Crippen LogP) is 4.06. The molecule has 0 aromatic heterocycles. The molecular weight excluding hydrogens is 232 g/mol. The molecular formula is C17H36N2. The molecule has 2 nitrogen and oxygen atoms in total. The summed E-state index contributed by atoms with van der Waals surface area (Å²) < 4.78 is 0. The predicted molar refractivity (Wildman–Crippen MR) is 85.7 cm³/mol. The SMILES string of the molecule is CCCNC(CCC)CN1CCCC(CCC)CC1. The highest BCUT2D eigenvalue weighted by Gasteiger charge is 2.18. The van der Waals surface area contributed by atoms with Crippen LogP contribution in [-0.2, 0) is 0 Å². The molecule has 0 radical (unpaired) electrons. The number of nitrogens with zero attached hydrogens (tertiary/aromatic N) is 1. The molecule has 0 bridgehead atoms. The van der Waals surface area contributed by atoms with Crippen molar-refractivity contribution in [1.82, 2.24) is 10.2 Å². The van der Waals surface area contributed by atoms with Crippen molar-refractivity contribution in [2.24, 2.45) is 5.92 Å². The second-order valence-corrected chi connectivity index (χ2v) is 6.33. The summed E-state index contributed by atoms with van der Waals surface area (Å²) in [4.78, 5) is 2.72. The van der Waals surface area contributed by atoms with Crippen LogP contribution in [0, 0.1) is 5.92 Å². The fourth-order valence-electron chi connectivity index (χ4n) is 3.37. The molecule has 1 aliphatic rings. The molecule has 2 atom stereocenters. The van der Waals surface area contributed by atoms with Crippen LogP contribution in [0.3, 0.4) is 0 Å². The topological polar surface area (TPSA) is 15.3 Å². The molecule has 2 unspecified atom stereocenters. The maximum Gasteiger partial charge on any atom is 0.0194 e. The fourth-order valence-corrected chi connectivity index (χ4v) is 3.37.